The molecule has 3 rings (SSSR count). The van der Waals surface area contributed by atoms with E-state index in [4.69, 9.17) is 0 Å². The summed E-state index contributed by atoms with van der Waals surface area (Å²) in [6.07, 6.45) is 13.0. The van der Waals surface area contributed by atoms with Crippen molar-refractivity contribution in [1.29, 1.82) is 0 Å². The van der Waals surface area contributed by atoms with E-state index in [1.54, 1.807) is 0 Å². The summed E-state index contributed by atoms with van der Waals surface area (Å²) in [5.74, 6) is 3.15. The van der Waals surface area contributed by atoms with E-state index in [0.717, 1.165) is 30.8 Å². The molecule has 1 heterocycles. The third-order valence-corrected chi connectivity index (χ3v) is 4.16. The molecule has 17 heavy (non-hydrogen) atoms. The number of nitrogens with one attached hydrogen (secondary N) is 1. The van der Waals surface area contributed by atoms with Crippen LogP contribution < -0.4 is 5.32 Å². The molecule has 2 saturated carbocycles. The van der Waals surface area contributed by atoms with E-state index in [1.165, 1.54) is 38.6 Å². The zero-order valence-corrected chi connectivity index (χ0v) is 10.5. The second-order valence-corrected chi connectivity index (χ2v) is 5.70. The van der Waals surface area contributed by atoms with Crippen molar-refractivity contribution >= 4 is 0 Å². The first kappa shape index (κ1) is 11.3. The van der Waals surface area contributed by atoms with Crippen LogP contribution in [0.5, 0.6) is 0 Å². The molecular weight excluding hydrogens is 210 g/mol. The molecule has 2 aliphatic rings. The van der Waals surface area contributed by atoms with E-state index in [9.17, 15) is 0 Å². The van der Waals surface area contributed by atoms with Gasteiger partial charge in [0.1, 0.15) is 0 Å². The highest BCUT2D eigenvalue weighted by atomic mass is 15.0. The molecule has 0 unspecified atom stereocenters. The fourth-order valence-electron chi connectivity index (χ4n) is 2.84. The van der Waals surface area contributed by atoms with E-state index >= 15 is 0 Å². The molecule has 1 aromatic rings. The van der Waals surface area contributed by atoms with Gasteiger partial charge in [-0.2, -0.15) is 0 Å². The Morgan fingerprint density at radius 3 is 2.59 bits per heavy atom. The number of rotatable bonds is 8. The first-order chi connectivity index (χ1) is 8.43. The van der Waals surface area contributed by atoms with Gasteiger partial charge >= 0.3 is 0 Å². The minimum absolute atomic E-state index is 1.00. The SMILES string of the molecule is c1cn(CCCNCC(C2CC2)C2CC2)cn1. The first-order valence-corrected chi connectivity index (χ1v) is 7.10. The smallest absolute Gasteiger partial charge is 0.0945 e. The predicted octanol–water partition coefficient (Wildman–Crippen LogP) is 2.30. The molecule has 3 nitrogen and oxygen atoms in total. The topological polar surface area (TPSA) is 29.9 Å². The maximum absolute atomic E-state index is 4.05. The average Bonchev–Trinajstić information content (AvgIpc) is 3.25. The van der Waals surface area contributed by atoms with Crippen LogP contribution in [-0.4, -0.2) is 22.6 Å². The van der Waals surface area contributed by atoms with Gasteiger partial charge in [0.25, 0.3) is 0 Å². The monoisotopic (exact) mass is 233 g/mol. The molecule has 94 valence electrons. The minimum atomic E-state index is 1.00. The maximum Gasteiger partial charge on any atom is 0.0945 e. The first-order valence-electron chi connectivity index (χ1n) is 7.10. The molecule has 3 heteroatoms. The van der Waals surface area contributed by atoms with Gasteiger partial charge in [-0.25, -0.2) is 4.98 Å². The molecule has 0 atom stereocenters. The molecule has 1 aromatic heterocycles. The lowest BCUT2D eigenvalue weighted by Gasteiger charge is -2.16. The highest BCUT2D eigenvalue weighted by molar-refractivity contribution is 4.92. The Hall–Kier alpha value is -0.830. The van der Waals surface area contributed by atoms with Crippen molar-refractivity contribution < 1.29 is 0 Å². The lowest BCUT2D eigenvalue weighted by atomic mass is 9.98. The third kappa shape index (κ3) is 3.32. The van der Waals surface area contributed by atoms with E-state index < -0.39 is 0 Å². The van der Waals surface area contributed by atoms with Crippen molar-refractivity contribution in [3.63, 3.8) is 0 Å². The van der Waals surface area contributed by atoms with Gasteiger partial charge in [-0.05, 0) is 62.9 Å². The Bertz CT molecular complexity index is 313. The van der Waals surface area contributed by atoms with Crippen LogP contribution in [0.4, 0.5) is 0 Å². The van der Waals surface area contributed by atoms with Gasteiger partial charge in [0.05, 0.1) is 6.33 Å². The Balaban J connectivity index is 1.29. The van der Waals surface area contributed by atoms with Crippen molar-refractivity contribution in [2.75, 3.05) is 13.1 Å². The van der Waals surface area contributed by atoms with Crippen molar-refractivity contribution in [2.45, 2.75) is 38.6 Å². The van der Waals surface area contributed by atoms with Gasteiger partial charge in [-0.15, -0.1) is 0 Å². The molecule has 0 saturated heterocycles. The molecule has 0 aliphatic heterocycles. The van der Waals surface area contributed by atoms with Gasteiger partial charge in [-0.3, -0.25) is 0 Å². The van der Waals surface area contributed by atoms with Gasteiger partial charge < -0.3 is 9.88 Å². The van der Waals surface area contributed by atoms with Crippen molar-refractivity contribution in [2.24, 2.45) is 17.8 Å². The van der Waals surface area contributed by atoms with Crippen LogP contribution in [-0.2, 0) is 6.54 Å². The summed E-state index contributed by atoms with van der Waals surface area (Å²) in [5.41, 5.74) is 0. The quantitative estimate of drug-likeness (QED) is 0.698. The Morgan fingerprint density at radius 1 is 1.24 bits per heavy atom. The zero-order chi connectivity index (χ0) is 11.5. The van der Waals surface area contributed by atoms with Gasteiger partial charge in [-0.1, -0.05) is 0 Å². The molecule has 0 spiro atoms. The number of aromatic nitrogens is 2. The largest absolute Gasteiger partial charge is 0.337 e. The third-order valence-electron chi connectivity index (χ3n) is 4.16. The van der Waals surface area contributed by atoms with E-state index in [1.807, 2.05) is 18.7 Å². The number of hydrogen-bond donors (Lipinski definition) is 1. The van der Waals surface area contributed by atoms with Crippen LogP contribution in [0.3, 0.4) is 0 Å². The number of hydrogen-bond acceptors (Lipinski definition) is 2. The predicted molar refractivity (Wildman–Crippen MR) is 68.7 cm³/mol. The fourth-order valence-corrected chi connectivity index (χ4v) is 2.84. The Morgan fingerprint density at radius 2 is 2.00 bits per heavy atom. The van der Waals surface area contributed by atoms with Crippen LogP contribution in [0.1, 0.15) is 32.1 Å². The number of aryl methyl sites for hydroxylation is 1. The summed E-state index contributed by atoms with van der Waals surface area (Å²) < 4.78 is 2.15. The zero-order valence-electron chi connectivity index (χ0n) is 10.5. The summed E-state index contributed by atoms with van der Waals surface area (Å²) in [4.78, 5) is 4.05. The standard InChI is InChI=1S/C14H23N3/c1(8-17-9-7-16-11-17)6-15-10-14(12-2-3-12)13-4-5-13/h7,9,11-15H,1-6,8,10H2. The lowest BCUT2D eigenvalue weighted by Crippen LogP contribution is -2.27. The highest BCUT2D eigenvalue weighted by Gasteiger charge is 2.40. The van der Waals surface area contributed by atoms with Crippen LogP contribution in [0.2, 0.25) is 0 Å². The van der Waals surface area contributed by atoms with Crippen molar-refractivity contribution in [3.8, 4) is 0 Å². The second-order valence-electron chi connectivity index (χ2n) is 5.70. The summed E-state index contributed by atoms with van der Waals surface area (Å²) in [5, 5.41) is 3.66. The molecule has 2 fully saturated rings. The van der Waals surface area contributed by atoms with Gasteiger partial charge in [0.2, 0.25) is 0 Å². The molecule has 0 aromatic carbocycles. The fraction of sp³-hybridized carbons (Fsp3) is 0.786. The molecule has 2 aliphatic carbocycles. The Labute approximate surface area is 104 Å². The van der Waals surface area contributed by atoms with Crippen molar-refractivity contribution in [1.82, 2.24) is 14.9 Å². The molecule has 1 N–H and O–H groups in total. The summed E-state index contributed by atoms with van der Waals surface area (Å²) in [6.45, 7) is 3.50. The molecular formula is C14H23N3. The highest BCUT2D eigenvalue weighted by Crippen LogP contribution is 2.48. The van der Waals surface area contributed by atoms with Crippen molar-refractivity contribution in [3.05, 3.63) is 18.7 Å². The van der Waals surface area contributed by atoms with E-state index in [-0.39, 0.29) is 0 Å². The van der Waals surface area contributed by atoms with E-state index in [2.05, 4.69) is 14.9 Å². The summed E-state index contributed by atoms with van der Waals surface area (Å²) >= 11 is 0. The normalized spacial score (nSPS) is 20.1. The lowest BCUT2D eigenvalue weighted by molar-refractivity contribution is 0.376. The van der Waals surface area contributed by atoms with Crippen LogP contribution in [0.15, 0.2) is 18.7 Å². The second kappa shape index (κ2) is 5.21. The minimum Gasteiger partial charge on any atom is -0.337 e. The van der Waals surface area contributed by atoms with Crippen LogP contribution >= 0.6 is 0 Å². The van der Waals surface area contributed by atoms with Crippen LogP contribution in [0, 0.1) is 17.8 Å². The number of nitrogens with zero attached hydrogens (tertiary/aromatic N) is 2. The van der Waals surface area contributed by atoms with E-state index in [0.29, 0.717) is 0 Å². The van der Waals surface area contributed by atoms with Crippen LogP contribution in [0.25, 0.3) is 0 Å². The average molecular weight is 233 g/mol. The maximum atomic E-state index is 4.05. The van der Waals surface area contributed by atoms with Gasteiger partial charge in [0.15, 0.2) is 0 Å². The summed E-state index contributed by atoms with van der Waals surface area (Å²) in [6, 6.07) is 0. The molecule has 0 radical (unpaired) electrons. The molecule has 0 bridgehead atoms. The van der Waals surface area contributed by atoms with Gasteiger partial charge in [0, 0.05) is 18.9 Å². The summed E-state index contributed by atoms with van der Waals surface area (Å²) in [7, 11) is 0. The Kier molecular flexibility index (Phi) is 3.46. The number of imidazole rings is 1. The molecule has 0 amide bonds.